The third kappa shape index (κ3) is 5.62. The SMILES string of the molecule is CNN.c1ccsc1. The molecule has 0 amide bonds. The molecule has 3 heteroatoms. The van der Waals surface area contributed by atoms with E-state index in [1.807, 2.05) is 22.9 Å². The van der Waals surface area contributed by atoms with Crippen LogP contribution in [0.25, 0.3) is 0 Å². The van der Waals surface area contributed by atoms with Gasteiger partial charge in [0.05, 0.1) is 0 Å². The summed E-state index contributed by atoms with van der Waals surface area (Å²) in [5.74, 6) is 4.60. The number of thiophene rings is 1. The molecule has 2 nitrogen and oxygen atoms in total. The van der Waals surface area contributed by atoms with Crippen LogP contribution in [0.15, 0.2) is 22.9 Å². The summed E-state index contributed by atoms with van der Waals surface area (Å²) in [4.78, 5) is 0. The van der Waals surface area contributed by atoms with E-state index < -0.39 is 0 Å². The van der Waals surface area contributed by atoms with E-state index in [2.05, 4.69) is 11.3 Å². The van der Waals surface area contributed by atoms with Crippen molar-refractivity contribution in [2.24, 2.45) is 5.84 Å². The van der Waals surface area contributed by atoms with Crippen LogP contribution in [0.3, 0.4) is 0 Å². The number of nitrogens with two attached hydrogens (primary N) is 1. The Kier molecular flexibility index (Phi) is 6.31. The van der Waals surface area contributed by atoms with Crippen molar-refractivity contribution in [3.63, 3.8) is 0 Å². The number of hydrazine groups is 1. The van der Waals surface area contributed by atoms with Gasteiger partial charge in [-0.2, -0.15) is 11.3 Å². The number of rotatable bonds is 0. The minimum Gasteiger partial charge on any atom is -0.272 e. The van der Waals surface area contributed by atoms with Crippen molar-refractivity contribution >= 4 is 11.3 Å². The maximum absolute atomic E-state index is 4.60. The first-order valence-electron chi connectivity index (χ1n) is 2.26. The molecule has 0 aliphatic heterocycles. The first-order valence-corrected chi connectivity index (χ1v) is 3.20. The molecule has 1 rings (SSSR count). The molecule has 1 aromatic rings. The van der Waals surface area contributed by atoms with E-state index in [0.717, 1.165) is 0 Å². The smallest absolute Gasteiger partial charge is 0.00172 e. The molecule has 0 aliphatic carbocycles. The Morgan fingerprint density at radius 1 is 1.38 bits per heavy atom. The molecule has 3 N–H and O–H groups in total. The maximum atomic E-state index is 4.60. The number of nitrogens with one attached hydrogen (secondary N) is 1. The van der Waals surface area contributed by atoms with Gasteiger partial charge in [-0.1, -0.05) is 12.1 Å². The largest absolute Gasteiger partial charge is 0.272 e. The van der Waals surface area contributed by atoms with E-state index in [1.165, 1.54) is 0 Å². The van der Waals surface area contributed by atoms with Gasteiger partial charge >= 0.3 is 0 Å². The van der Waals surface area contributed by atoms with Crippen molar-refractivity contribution < 1.29 is 0 Å². The lowest BCUT2D eigenvalue weighted by Gasteiger charge is -1.62. The van der Waals surface area contributed by atoms with Crippen LogP contribution in [0, 0.1) is 0 Å². The van der Waals surface area contributed by atoms with Crippen molar-refractivity contribution in [2.45, 2.75) is 0 Å². The third-order valence-electron chi connectivity index (χ3n) is 0.425. The van der Waals surface area contributed by atoms with Crippen LogP contribution >= 0.6 is 11.3 Å². The van der Waals surface area contributed by atoms with Crippen LogP contribution in [-0.4, -0.2) is 7.05 Å². The summed E-state index contributed by atoms with van der Waals surface area (Å²) in [6.07, 6.45) is 0. The molecular formula is C5H10N2S. The van der Waals surface area contributed by atoms with Gasteiger partial charge in [0.2, 0.25) is 0 Å². The molecule has 0 spiro atoms. The average molecular weight is 130 g/mol. The highest BCUT2D eigenvalue weighted by atomic mass is 32.1. The summed E-state index contributed by atoms with van der Waals surface area (Å²) >= 11 is 1.71. The molecular weight excluding hydrogens is 120 g/mol. The molecule has 0 saturated heterocycles. The number of hydrogen-bond acceptors (Lipinski definition) is 3. The number of hydrogen-bond donors (Lipinski definition) is 2. The minimum atomic E-state index is 1.65. The van der Waals surface area contributed by atoms with Gasteiger partial charge in [0, 0.05) is 0 Å². The van der Waals surface area contributed by atoms with E-state index in [0.29, 0.717) is 0 Å². The highest BCUT2D eigenvalue weighted by Gasteiger charge is 1.58. The summed E-state index contributed by atoms with van der Waals surface area (Å²) in [5, 5.41) is 4.08. The predicted molar refractivity (Wildman–Crippen MR) is 37.6 cm³/mol. The summed E-state index contributed by atoms with van der Waals surface area (Å²) in [6, 6.07) is 4.04. The van der Waals surface area contributed by atoms with E-state index in [-0.39, 0.29) is 0 Å². The zero-order valence-electron chi connectivity index (χ0n) is 4.79. The zero-order valence-corrected chi connectivity index (χ0v) is 5.61. The van der Waals surface area contributed by atoms with Gasteiger partial charge in [0.1, 0.15) is 0 Å². The van der Waals surface area contributed by atoms with Gasteiger partial charge in [-0.15, -0.1) is 0 Å². The molecule has 1 heterocycles. The Hall–Kier alpha value is -0.380. The normalized spacial score (nSPS) is 7.25. The highest BCUT2D eigenvalue weighted by Crippen LogP contribution is 1.91. The summed E-state index contributed by atoms with van der Waals surface area (Å²) in [7, 11) is 1.65. The predicted octanol–water partition coefficient (Wildman–Crippen LogP) is 0.828. The Bertz CT molecular complexity index is 77.3. The zero-order chi connectivity index (χ0) is 6.24. The molecule has 0 saturated carbocycles. The quantitative estimate of drug-likeness (QED) is 0.403. The molecule has 46 valence electrons. The summed E-state index contributed by atoms with van der Waals surface area (Å²) in [6.45, 7) is 0. The van der Waals surface area contributed by atoms with E-state index in [1.54, 1.807) is 18.4 Å². The summed E-state index contributed by atoms with van der Waals surface area (Å²) in [5.41, 5.74) is 2.25. The molecule has 0 fully saturated rings. The lowest BCUT2D eigenvalue weighted by molar-refractivity contribution is 0.900. The maximum Gasteiger partial charge on any atom is -0.00172 e. The van der Waals surface area contributed by atoms with Crippen LogP contribution in [0.2, 0.25) is 0 Å². The fraction of sp³-hybridized carbons (Fsp3) is 0.200. The van der Waals surface area contributed by atoms with E-state index in [4.69, 9.17) is 0 Å². The second-order valence-corrected chi connectivity index (χ2v) is 1.90. The van der Waals surface area contributed by atoms with E-state index >= 15 is 0 Å². The van der Waals surface area contributed by atoms with Gasteiger partial charge in [-0.3, -0.25) is 11.3 Å². The Labute approximate surface area is 53.3 Å². The fourth-order valence-electron chi connectivity index (χ4n) is 0.227. The molecule has 0 bridgehead atoms. The highest BCUT2D eigenvalue weighted by molar-refractivity contribution is 7.07. The van der Waals surface area contributed by atoms with Gasteiger partial charge in [-0.05, 0) is 17.8 Å². The van der Waals surface area contributed by atoms with Crippen molar-refractivity contribution in [3.05, 3.63) is 22.9 Å². The minimum absolute atomic E-state index is 1.65. The Morgan fingerprint density at radius 3 is 1.88 bits per heavy atom. The first kappa shape index (κ1) is 7.62. The van der Waals surface area contributed by atoms with Crippen LogP contribution in [0.5, 0.6) is 0 Å². The molecule has 0 radical (unpaired) electrons. The first-order chi connectivity index (χ1) is 3.91. The van der Waals surface area contributed by atoms with Crippen molar-refractivity contribution in [1.29, 1.82) is 0 Å². The van der Waals surface area contributed by atoms with Gasteiger partial charge in [0.25, 0.3) is 0 Å². The molecule has 8 heavy (non-hydrogen) atoms. The van der Waals surface area contributed by atoms with Crippen LogP contribution in [-0.2, 0) is 0 Å². The van der Waals surface area contributed by atoms with Crippen LogP contribution in [0.4, 0.5) is 0 Å². The monoisotopic (exact) mass is 130 g/mol. The molecule has 0 atom stereocenters. The van der Waals surface area contributed by atoms with Gasteiger partial charge in [-0.25, -0.2) is 0 Å². The standard InChI is InChI=1S/C4H4S.CH6N2/c1-2-4-5-3-1;1-3-2/h1-4H;3H,2H2,1H3. The summed E-state index contributed by atoms with van der Waals surface area (Å²) < 4.78 is 0. The Morgan fingerprint density at radius 2 is 1.75 bits per heavy atom. The second-order valence-electron chi connectivity index (χ2n) is 1.08. The lowest BCUT2D eigenvalue weighted by Crippen LogP contribution is -2.13. The van der Waals surface area contributed by atoms with Crippen LogP contribution < -0.4 is 11.3 Å². The lowest BCUT2D eigenvalue weighted by atomic mass is 10.7. The molecule has 0 unspecified atom stereocenters. The van der Waals surface area contributed by atoms with Crippen molar-refractivity contribution in [1.82, 2.24) is 5.43 Å². The third-order valence-corrected chi connectivity index (χ3v) is 1.05. The fourth-order valence-corrected chi connectivity index (χ4v) is 0.680. The average Bonchev–Trinajstić information content (AvgIpc) is 2.17. The molecule has 0 aromatic carbocycles. The van der Waals surface area contributed by atoms with Crippen molar-refractivity contribution in [3.8, 4) is 0 Å². The van der Waals surface area contributed by atoms with Crippen LogP contribution in [0.1, 0.15) is 0 Å². The molecule has 1 aromatic heterocycles. The topological polar surface area (TPSA) is 38.0 Å². The molecule has 0 aliphatic rings. The second kappa shape index (κ2) is 6.62. The van der Waals surface area contributed by atoms with Crippen molar-refractivity contribution in [2.75, 3.05) is 7.05 Å². The van der Waals surface area contributed by atoms with Gasteiger partial charge in [0.15, 0.2) is 0 Å². The van der Waals surface area contributed by atoms with Gasteiger partial charge < -0.3 is 0 Å². The Balaban J connectivity index is 0.000000145. The van der Waals surface area contributed by atoms with E-state index in [9.17, 15) is 0 Å².